The van der Waals surface area contributed by atoms with Crippen LogP contribution in [0.15, 0.2) is 97.2 Å². The SMILES string of the molecule is COc1ccc(OC)c(C(=O)[C@H]2[C@@H](C(=O)c3cccc([N+](=O)[O-])c3)N3C=Cc4ccccc4[C@@H]3[C@]23C(=O)Nc2ccccc23)c1. The highest BCUT2D eigenvalue weighted by atomic mass is 16.6. The minimum atomic E-state index is -1.57. The fourth-order valence-electron chi connectivity index (χ4n) is 7.29. The first-order valence-corrected chi connectivity index (χ1v) is 14.3. The monoisotopic (exact) mass is 601 g/mol. The number of rotatable bonds is 7. The molecule has 0 aliphatic carbocycles. The first kappa shape index (κ1) is 28.0. The van der Waals surface area contributed by atoms with Crippen LogP contribution in [0, 0.1) is 16.0 Å². The van der Waals surface area contributed by atoms with Gasteiger partial charge in [0.15, 0.2) is 11.6 Å². The van der Waals surface area contributed by atoms with Crippen molar-refractivity contribution in [3.63, 3.8) is 0 Å². The number of ether oxygens (including phenoxy) is 2. The van der Waals surface area contributed by atoms with Crippen LogP contribution in [0.3, 0.4) is 0 Å². The molecule has 0 radical (unpaired) electrons. The van der Waals surface area contributed by atoms with Crippen molar-refractivity contribution in [1.82, 2.24) is 4.90 Å². The predicted octanol–water partition coefficient (Wildman–Crippen LogP) is 5.59. The molecule has 7 rings (SSSR count). The lowest BCUT2D eigenvalue weighted by molar-refractivity contribution is -0.384. The number of non-ortho nitro benzene ring substituents is 1. The third kappa shape index (κ3) is 3.98. The zero-order chi connectivity index (χ0) is 31.5. The van der Waals surface area contributed by atoms with Gasteiger partial charge in [0, 0.05) is 29.6 Å². The normalized spacial score (nSPS) is 22.3. The number of nitrogens with one attached hydrogen (secondary N) is 1. The van der Waals surface area contributed by atoms with E-state index < -0.39 is 45.8 Å². The maximum Gasteiger partial charge on any atom is 0.270 e. The molecule has 0 aromatic heterocycles. The number of hydrogen-bond acceptors (Lipinski definition) is 8. The average molecular weight is 602 g/mol. The number of carbonyl (C=O) groups excluding carboxylic acids is 3. The Hall–Kier alpha value is -5.77. The van der Waals surface area contributed by atoms with E-state index in [-0.39, 0.29) is 22.6 Å². The smallest absolute Gasteiger partial charge is 0.270 e. The fraction of sp³-hybridized carbons (Fsp3) is 0.171. The number of para-hydroxylation sites is 1. The van der Waals surface area contributed by atoms with Gasteiger partial charge in [0.25, 0.3) is 5.69 Å². The van der Waals surface area contributed by atoms with E-state index in [2.05, 4.69) is 5.32 Å². The average Bonchev–Trinajstić information content (AvgIpc) is 3.55. The standard InChI is InChI=1S/C35H27N3O7/c1-44-23-14-15-28(45-2)25(19-23)32(40)29-30(31(39)21-9-7-10-22(18-21)38(42)43)37-17-16-20-8-3-4-11-24(20)33(37)35(29)26-12-5-6-13-27(26)36-34(35)41/h3-19,29-30,33H,1-2H3,(H,36,41)/t29-,30+,33-,35-/m1/s1. The van der Waals surface area contributed by atoms with E-state index in [1.807, 2.05) is 36.4 Å². The molecular weight excluding hydrogens is 574 g/mol. The van der Waals surface area contributed by atoms with Gasteiger partial charge in [-0.15, -0.1) is 0 Å². The van der Waals surface area contributed by atoms with Crippen LogP contribution in [-0.4, -0.2) is 47.6 Å². The number of methoxy groups -OCH3 is 2. The van der Waals surface area contributed by atoms with Gasteiger partial charge in [0.2, 0.25) is 5.91 Å². The van der Waals surface area contributed by atoms with Crippen LogP contribution in [0.25, 0.3) is 6.08 Å². The van der Waals surface area contributed by atoms with Crippen molar-refractivity contribution < 1.29 is 28.8 Å². The number of hydrogen-bond donors (Lipinski definition) is 1. The van der Waals surface area contributed by atoms with Crippen LogP contribution >= 0.6 is 0 Å². The molecule has 1 spiro atoms. The molecule has 10 heteroatoms. The van der Waals surface area contributed by atoms with Crippen molar-refractivity contribution in [3.05, 3.63) is 135 Å². The van der Waals surface area contributed by atoms with E-state index in [1.54, 1.807) is 47.5 Å². The van der Waals surface area contributed by atoms with Crippen molar-refractivity contribution >= 4 is 34.9 Å². The van der Waals surface area contributed by atoms with Crippen molar-refractivity contribution in [2.75, 3.05) is 19.5 Å². The third-order valence-electron chi connectivity index (χ3n) is 9.14. The molecule has 1 amide bonds. The summed E-state index contributed by atoms with van der Waals surface area (Å²) in [7, 11) is 2.92. The van der Waals surface area contributed by atoms with Gasteiger partial charge in [-0.25, -0.2) is 0 Å². The van der Waals surface area contributed by atoms with Gasteiger partial charge in [-0.2, -0.15) is 0 Å². The van der Waals surface area contributed by atoms with Crippen molar-refractivity contribution in [3.8, 4) is 11.5 Å². The first-order chi connectivity index (χ1) is 21.8. The molecule has 3 heterocycles. The van der Waals surface area contributed by atoms with Crippen LogP contribution in [0.4, 0.5) is 11.4 Å². The highest BCUT2D eigenvalue weighted by molar-refractivity contribution is 6.17. The summed E-state index contributed by atoms with van der Waals surface area (Å²) >= 11 is 0. The Morgan fingerprint density at radius 3 is 2.47 bits per heavy atom. The number of ketones is 2. The van der Waals surface area contributed by atoms with Gasteiger partial charge in [-0.05, 0) is 47.0 Å². The predicted molar refractivity (Wildman–Crippen MR) is 165 cm³/mol. The van der Waals surface area contributed by atoms with Crippen molar-refractivity contribution in [2.45, 2.75) is 17.5 Å². The van der Waals surface area contributed by atoms with E-state index in [9.17, 15) is 19.7 Å². The number of anilines is 1. The van der Waals surface area contributed by atoms with E-state index >= 15 is 4.79 Å². The van der Waals surface area contributed by atoms with E-state index in [1.165, 1.54) is 38.5 Å². The molecule has 0 unspecified atom stereocenters. The quantitative estimate of drug-likeness (QED) is 0.165. The number of benzene rings is 4. The Balaban J connectivity index is 1.55. The number of nitro groups is 1. The molecule has 10 nitrogen and oxygen atoms in total. The summed E-state index contributed by atoms with van der Waals surface area (Å²) in [6.07, 6.45) is 3.60. The largest absolute Gasteiger partial charge is 0.497 e. The molecule has 0 bridgehead atoms. The van der Waals surface area contributed by atoms with Crippen LogP contribution in [0.1, 0.15) is 43.4 Å². The lowest BCUT2D eigenvalue weighted by Crippen LogP contribution is -2.49. The summed E-state index contributed by atoms with van der Waals surface area (Å²) in [5, 5.41) is 14.7. The van der Waals surface area contributed by atoms with E-state index in [4.69, 9.17) is 9.47 Å². The maximum atomic E-state index is 15.2. The first-order valence-electron chi connectivity index (χ1n) is 14.3. The summed E-state index contributed by atoms with van der Waals surface area (Å²) in [5.74, 6) is -2.08. The summed E-state index contributed by atoms with van der Waals surface area (Å²) in [6, 6.07) is 23.0. The second-order valence-corrected chi connectivity index (χ2v) is 11.2. The molecule has 224 valence electrons. The molecule has 45 heavy (non-hydrogen) atoms. The number of Topliss-reactive ketones (excluding diaryl/α,β-unsaturated/α-hetero) is 2. The lowest BCUT2D eigenvalue weighted by Gasteiger charge is -2.38. The van der Waals surface area contributed by atoms with Gasteiger partial charge < -0.3 is 19.7 Å². The Morgan fingerprint density at radius 1 is 0.911 bits per heavy atom. The van der Waals surface area contributed by atoms with Gasteiger partial charge >= 0.3 is 0 Å². The van der Waals surface area contributed by atoms with Gasteiger partial charge in [-0.3, -0.25) is 24.5 Å². The second kappa shape index (κ2) is 10.4. The second-order valence-electron chi connectivity index (χ2n) is 11.2. The number of carbonyl (C=O) groups is 3. The number of nitrogens with zero attached hydrogens (tertiary/aromatic N) is 2. The van der Waals surface area contributed by atoms with Crippen molar-refractivity contribution in [1.29, 1.82) is 0 Å². The van der Waals surface area contributed by atoms with Crippen LogP contribution in [-0.2, 0) is 10.2 Å². The Bertz CT molecular complexity index is 1950. The molecule has 3 aliphatic rings. The summed E-state index contributed by atoms with van der Waals surface area (Å²) in [6.45, 7) is 0. The Morgan fingerprint density at radius 2 is 1.69 bits per heavy atom. The zero-order valence-corrected chi connectivity index (χ0v) is 24.3. The van der Waals surface area contributed by atoms with Gasteiger partial charge in [-0.1, -0.05) is 54.6 Å². The maximum absolute atomic E-state index is 15.2. The highest BCUT2D eigenvalue weighted by Crippen LogP contribution is 2.62. The molecule has 4 atom stereocenters. The van der Waals surface area contributed by atoms with Gasteiger partial charge in [0.1, 0.15) is 23.0 Å². The minimum absolute atomic E-state index is 0.0550. The van der Waals surface area contributed by atoms with Crippen LogP contribution < -0.4 is 14.8 Å². The van der Waals surface area contributed by atoms with Crippen LogP contribution in [0.5, 0.6) is 11.5 Å². The molecule has 1 N–H and O–H groups in total. The summed E-state index contributed by atoms with van der Waals surface area (Å²) in [4.78, 5) is 57.4. The third-order valence-corrected chi connectivity index (χ3v) is 9.14. The topological polar surface area (TPSA) is 128 Å². The number of fused-ring (bicyclic) bond motifs is 6. The minimum Gasteiger partial charge on any atom is -0.497 e. The van der Waals surface area contributed by atoms with Crippen molar-refractivity contribution in [2.24, 2.45) is 5.92 Å². The van der Waals surface area contributed by atoms with Crippen LogP contribution in [0.2, 0.25) is 0 Å². The molecule has 0 saturated carbocycles. The summed E-state index contributed by atoms with van der Waals surface area (Å²) < 4.78 is 11.0. The fourth-order valence-corrected chi connectivity index (χ4v) is 7.29. The number of amides is 1. The Kier molecular flexibility index (Phi) is 6.50. The molecule has 4 aromatic carbocycles. The van der Waals surface area contributed by atoms with E-state index in [0.717, 1.165) is 11.1 Å². The van der Waals surface area contributed by atoms with Gasteiger partial charge in [0.05, 0.1) is 36.7 Å². The molecular formula is C35H27N3O7. The zero-order valence-electron chi connectivity index (χ0n) is 24.3. The highest BCUT2D eigenvalue weighted by Gasteiger charge is 2.71. The Labute approximate surface area is 258 Å². The lowest BCUT2D eigenvalue weighted by atomic mass is 9.62. The molecule has 4 aromatic rings. The number of nitro benzene ring substituents is 1. The van der Waals surface area contributed by atoms with E-state index in [0.29, 0.717) is 17.0 Å². The molecule has 1 saturated heterocycles. The molecule has 3 aliphatic heterocycles. The molecule has 1 fully saturated rings. The summed E-state index contributed by atoms with van der Waals surface area (Å²) in [5.41, 5.74) is 1.14.